The Kier molecular flexibility index (Phi) is 5.08. The second-order valence-corrected chi connectivity index (χ2v) is 7.21. The van der Waals surface area contributed by atoms with Crippen molar-refractivity contribution in [2.45, 2.75) is 38.4 Å². The third-order valence-electron chi connectivity index (χ3n) is 5.14. The number of hydrogen-bond acceptors (Lipinski definition) is 6. The van der Waals surface area contributed by atoms with E-state index in [2.05, 4.69) is 31.7 Å². The lowest BCUT2D eigenvalue weighted by atomic mass is 9.96. The molecule has 0 bridgehead atoms. The molecule has 7 nitrogen and oxygen atoms in total. The number of rotatable bonds is 4. The first-order valence-electron chi connectivity index (χ1n) is 9.56. The van der Waals surface area contributed by atoms with Crippen LogP contribution in [0, 0.1) is 0 Å². The van der Waals surface area contributed by atoms with Crippen molar-refractivity contribution >= 4 is 22.6 Å². The minimum Gasteiger partial charge on any atom is -0.480 e. The molecule has 0 fully saturated rings. The Morgan fingerprint density at radius 1 is 1.23 bits per heavy atom. The van der Waals surface area contributed by atoms with Crippen molar-refractivity contribution in [3.8, 4) is 5.88 Å². The highest BCUT2D eigenvalue weighted by molar-refractivity contribution is 5.88. The molecular weight excluding hydrogens is 397 g/mol. The number of halogens is 3. The largest absolute Gasteiger partial charge is 0.480 e. The Morgan fingerprint density at radius 3 is 2.77 bits per heavy atom. The number of aryl methyl sites for hydroxylation is 2. The van der Waals surface area contributed by atoms with E-state index in [1.807, 2.05) is 25.2 Å². The summed E-state index contributed by atoms with van der Waals surface area (Å²) in [5, 5.41) is 10.5. The molecule has 0 radical (unpaired) electrons. The van der Waals surface area contributed by atoms with Gasteiger partial charge in [0, 0.05) is 7.05 Å². The van der Waals surface area contributed by atoms with Crippen LogP contribution in [0.15, 0.2) is 24.3 Å². The third kappa shape index (κ3) is 3.69. The highest BCUT2D eigenvalue weighted by atomic mass is 19.4. The fourth-order valence-electron chi connectivity index (χ4n) is 3.50. The molecule has 2 heterocycles. The standard InChI is InChI=1S/C20H21F3N6O/c1-11(20(21,22)23)24-19-25-15-7-5-4-6-13(17(15)18(26-19)30-3)12-8-9-14-16(10-12)29(2)28-27-14/h6,8-11H,4-5,7H2,1-3H3,(H,24,25,26)/t11-/m1/s1. The van der Waals surface area contributed by atoms with Gasteiger partial charge in [-0.2, -0.15) is 18.2 Å². The van der Waals surface area contributed by atoms with E-state index in [0.717, 1.165) is 41.9 Å². The second-order valence-electron chi connectivity index (χ2n) is 7.21. The van der Waals surface area contributed by atoms with Gasteiger partial charge in [0.1, 0.15) is 11.6 Å². The molecule has 158 valence electrons. The van der Waals surface area contributed by atoms with E-state index in [9.17, 15) is 13.2 Å². The molecule has 2 aromatic heterocycles. The molecule has 0 unspecified atom stereocenters. The van der Waals surface area contributed by atoms with Gasteiger partial charge in [0.25, 0.3) is 0 Å². The quantitative estimate of drug-likeness (QED) is 0.693. The summed E-state index contributed by atoms with van der Waals surface area (Å²) in [5.41, 5.74) is 4.82. The SMILES string of the molecule is COc1nc(N[C@H](C)C(F)(F)F)nc2c1C(c1ccc3nnn(C)c3c1)=CCCC2. The molecule has 10 heteroatoms. The van der Waals surface area contributed by atoms with Crippen LogP contribution in [0.3, 0.4) is 0 Å². The average molecular weight is 418 g/mol. The number of hydrogen-bond donors (Lipinski definition) is 1. The molecule has 3 aromatic rings. The Hall–Kier alpha value is -3.17. The average Bonchev–Trinajstić information content (AvgIpc) is 2.94. The van der Waals surface area contributed by atoms with E-state index in [0.29, 0.717) is 17.7 Å². The minimum atomic E-state index is -4.40. The number of allylic oxidation sites excluding steroid dienone is 1. The summed E-state index contributed by atoms with van der Waals surface area (Å²) < 4.78 is 46.1. The van der Waals surface area contributed by atoms with Crippen LogP contribution >= 0.6 is 0 Å². The van der Waals surface area contributed by atoms with Crippen LogP contribution in [-0.2, 0) is 13.5 Å². The maximum atomic E-state index is 13.0. The number of ether oxygens (including phenoxy) is 1. The van der Waals surface area contributed by atoms with Crippen LogP contribution in [0.5, 0.6) is 5.88 Å². The van der Waals surface area contributed by atoms with Crippen molar-refractivity contribution < 1.29 is 17.9 Å². The predicted molar refractivity (Wildman–Crippen MR) is 106 cm³/mol. The van der Waals surface area contributed by atoms with Gasteiger partial charge in [-0.3, -0.25) is 0 Å². The van der Waals surface area contributed by atoms with Gasteiger partial charge in [-0.1, -0.05) is 17.4 Å². The summed E-state index contributed by atoms with van der Waals surface area (Å²) in [7, 11) is 3.27. The summed E-state index contributed by atoms with van der Waals surface area (Å²) in [5.74, 6) is 0.149. The molecule has 0 spiro atoms. The normalized spacial score (nSPS) is 15.3. The molecule has 30 heavy (non-hydrogen) atoms. The zero-order valence-electron chi connectivity index (χ0n) is 16.8. The zero-order chi connectivity index (χ0) is 21.5. The van der Waals surface area contributed by atoms with Crippen molar-refractivity contribution in [1.82, 2.24) is 25.0 Å². The summed E-state index contributed by atoms with van der Waals surface area (Å²) in [6.07, 6.45) is -0.0768. The Labute approximate surface area is 171 Å². The van der Waals surface area contributed by atoms with Crippen LogP contribution in [0.25, 0.3) is 16.6 Å². The van der Waals surface area contributed by atoms with Gasteiger partial charge in [-0.05, 0) is 49.5 Å². The summed E-state index contributed by atoms with van der Waals surface area (Å²) >= 11 is 0. The molecule has 1 N–H and O–H groups in total. The van der Waals surface area contributed by atoms with Gasteiger partial charge < -0.3 is 10.1 Å². The molecule has 4 rings (SSSR count). The van der Waals surface area contributed by atoms with E-state index in [-0.39, 0.29) is 11.8 Å². The molecule has 0 aliphatic heterocycles. The topological polar surface area (TPSA) is 77.8 Å². The van der Waals surface area contributed by atoms with E-state index in [4.69, 9.17) is 4.74 Å². The smallest absolute Gasteiger partial charge is 0.408 e. The second kappa shape index (κ2) is 7.58. The highest BCUT2D eigenvalue weighted by Crippen LogP contribution is 2.37. The summed E-state index contributed by atoms with van der Waals surface area (Å²) in [6.45, 7) is 1.03. The van der Waals surface area contributed by atoms with Gasteiger partial charge in [-0.15, -0.1) is 5.10 Å². The number of fused-ring (bicyclic) bond motifs is 2. The number of methoxy groups -OCH3 is 1. The predicted octanol–water partition coefficient (Wildman–Crippen LogP) is 3.90. The Bertz CT molecular complexity index is 1120. The fourth-order valence-corrected chi connectivity index (χ4v) is 3.50. The number of benzene rings is 1. The van der Waals surface area contributed by atoms with Gasteiger partial charge in [0.05, 0.1) is 23.9 Å². The number of nitrogens with one attached hydrogen (secondary N) is 1. The number of aromatic nitrogens is 5. The molecule has 1 atom stereocenters. The molecule has 1 aliphatic rings. The monoisotopic (exact) mass is 418 g/mol. The van der Waals surface area contributed by atoms with E-state index in [1.165, 1.54) is 7.11 Å². The molecular formula is C20H21F3N6O. The van der Waals surface area contributed by atoms with Gasteiger partial charge in [-0.25, -0.2) is 9.67 Å². The number of alkyl halides is 3. The number of nitrogens with zero attached hydrogens (tertiary/aromatic N) is 5. The fraction of sp³-hybridized carbons (Fsp3) is 0.400. The van der Waals surface area contributed by atoms with Crippen LogP contribution < -0.4 is 10.1 Å². The first kappa shape index (κ1) is 20.1. The van der Waals surface area contributed by atoms with Crippen molar-refractivity contribution in [3.05, 3.63) is 41.1 Å². The zero-order valence-corrected chi connectivity index (χ0v) is 16.8. The van der Waals surface area contributed by atoms with Gasteiger partial charge in [0.2, 0.25) is 11.8 Å². The van der Waals surface area contributed by atoms with Crippen LogP contribution in [0.1, 0.15) is 36.6 Å². The Morgan fingerprint density at radius 2 is 2.03 bits per heavy atom. The molecule has 1 aliphatic carbocycles. The van der Waals surface area contributed by atoms with Crippen molar-refractivity contribution in [3.63, 3.8) is 0 Å². The lowest BCUT2D eigenvalue weighted by molar-refractivity contribution is -0.138. The maximum absolute atomic E-state index is 13.0. The van der Waals surface area contributed by atoms with Crippen molar-refractivity contribution in [1.29, 1.82) is 0 Å². The van der Waals surface area contributed by atoms with Gasteiger partial charge in [0.15, 0.2) is 0 Å². The lowest BCUT2D eigenvalue weighted by Crippen LogP contribution is -2.34. The molecule has 0 amide bonds. The van der Waals surface area contributed by atoms with E-state index in [1.54, 1.807) is 4.68 Å². The van der Waals surface area contributed by atoms with Crippen molar-refractivity contribution in [2.75, 3.05) is 12.4 Å². The van der Waals surface area contributed by atoms with Crippen LogP contribution in [0.4, 0.5) is 19.1 Å². The first-order valence-corrected chi connectivity index (χ1v) is 9.56. The molecule has 0 saturated heterocycles. The summed E-state index contributed by atoms with van der Waals surface area (Å²) in [6, 6.07) is 4.03. The van der Waals surface area contributed by atoms with Crippen molar-refractivity contribution in [2.24, 2.45) is 7.05 Å². The maximum Gasteiger partial charge on any atom is 0.408 e. The summed E-state index contributed by atoms with van der Waals surface area (Å²) in [4.78, 5) is 8.64. The Balaban J connectivity index is 1.80. The minimum absolute atomic E-state index is 0.0945. The van der Waals surface area contributed by atoms with Crippen LogP contribution in [-0.4, -0.2) is 44.3 Å². The van der Waals surface area contributed by atoms with E-state index >= 15 is 0 Å². The third-order valence-corrected chi connectivity index (χ3v) is 5.14. The van der Waals surface area contributed by atoms with E-state index < -0.39 is 12.2 Å². The number of anilines is 1. The molecule has 1 aromatic carbocycles. The lowest BCUT2D eigenvalue weighted by Gasteiger charge is -2.20. The molecule has 0 saturated carbocycles. The van der Waals surface area contributed by atoms with Crippen LogP contribution in [0.2, 0.25) is 0 Å². The first-order chi connectivity index (χ1) is 14.3. The highest BCUT2D eigenvalue weighted by Gasteiger charge is 2.37. The van der Waals surface area contributed by atoms with Gasteiger partial charge >= 0.3 is 6.18 Å².